The molecule has 0 spiro atoms. The number of nitrogens with one attached hydrogen (secondary N) is 1. The van der Waals surface area contributed by atoms with Crippen LogP contribution in [0, 0.1) is 5.95 Å². The number of anilines is 1. The Bertz CT molecular complexity index is 1490. The molecule has 4 aromatic rings. The van der Waals surface area contributed by atoms with Crippen LogP contribution in [-0.2, 0) is 20.6 Å². The molecule has 38 heavy (non-hydrogen) atoms. The van der Waals surface area contributed by atoms with E-state index in [1.807, 2.05) is 6.92 Å². The van der Waals surface area contributed by atoms with Crippen molar-refractivity contribution in [2.45, 2.75) is 38.6 Å². The van der Waals surface area contributed by atoms with Gasteiger partial charge in [-0.25, -0.2) is 19.2 Å². The van der Waals surface area contributed by atoms with Crippen LogP contribution in [0.2, 0.25) is 0 Å². The lowest BCUT2D eigenvalue weighted by molar-refractivity contribution is -0.0226. The van der Waals surface area contributed by atoms with Crippen LogP contribution in [0.15, 0.2) is 42.2 Å². The first kappa shape index (κ1) is 26.3. The van der Waals surface area contributed by atoms with Gasteiger partial charge in [-0.1, -0.05) is 6.07 Å². The van der Waals surface area contributed by atoms with E-state index in [9.17, 15) is 13.8 Å². The summed E-state index contributed by atoms with van der Waals surface area (Å²) in [6.45, 7) is 2.13. The van der Waals surface area contributed by atoms with Crippen molar-refractivity contribution in [3.8, 4) is 22.0 Å². The number of carbonyl (C=O) groups excluding carboxylic acids is 1. The number of phosphoric acid groups is 1. The van der Waals surface area contributed by atoms with Gasteiger partial charge in [-0.2, -0.15) is 14.6 Å². The first-order valence-corrected chi connectivity index (χ1v) is 13.9. The molecule has 0 radical (unpaired) electrons. The summed E-state index contributed by atoms with van der Waals surface area (Å²) in [5, 5.41) is 13.4. The third-order valence-corrected chi connectivity index (χ3v) is 7.10. The summed E-state index contributed by atoms with van der Waals surface area (Å²) in [6.07, 6.45) is 6.34. The molecule has 200 valence electrons. The summed E-state index contributed by atoms with van der Waals surface area (Å²) >= 11 is 1.19. The molecule has 0 aliphatic heterocycles. The molecule has 3 N–H and O–H groups in total. The third-order valence-electron chi connectivity index (χ3n) is 5.76. The summed E-state index contributed by atoms with van der Waals surface area (Å²) in [5.74, 6) is -1.16. The van der Waals surface area contributed by atoms with Crippen LogP contribution in [0.1, 0.15) is 36.3 Å². The van der Waals surface area contributed by atoms with E-state index in [0.717, 1.165) is 12.8 Å². The number of phosphoric ester groups is 1. The molecule has 1 amide bonds. The summed E-state index contributed by atoms with van der Waals surface area (Å²) in [5.41, 5.74) is 1.65. The molecule has 0 atom stereocenters. The summed E-state index contributed by atoms with van der Waals surface area (Å²) in [6, 6.07) is 4.45. The average Bonchev–Trinajstić information content (AvgIpc) is 3.59. The monoisotopic (exact) mass is 563 g/mol. The van der Waals surface area contributed by atoms with Gasteiger partial charge in [-0.15, -0.1) is 11.3 Å². The van der Waals surface area contributed by atoms with Crippen LogP contribution in [0.3, 0.4) is 0 Å². The highest BCUT2D eigenvalue weighted by Crippen LogP contribution is 2.37. The Morgan fingerprint density at radius 2 is 2.11 bits per heavy atom. The lowest BCUT2D eigenvalue weighted by atomic mass is 9.89. The molecule has 4 heterocycles. The molecule has 0 unspecified atom stereocenters. The molecular weight excluding hydrogens is 540 g/mol. The zero-order valence-electron chi connectivity index (χ0n) is 20.0. The lowest BCUT2D eigenvalue weighted by Crippen LogP contribution is -2.33. The molecular formula is C22H23FN7O6PS. The van der Waals surface area contributed by atoms with Crippen molar-refractivity contribution in [2.75, 3.05) is 11.9 Å². The van der Waals surface area contributed by atoms with Crippen molar-refractivity contribution >= 4 is 30.8 Å². The Balaban J connectivity index is 1.33. The third kappa shape index (κ3) is 6.04. The maximum atomic E-state index is 13.9. The van der Waals surface area contributed by atoms with Crippen molar-refractivity contribution in [1.82, 2.24) is 29.5 Å². The lowest BCUT2D eigenvalue weighted by Gasteiger charge is -2.34. The van der Waals surface area contributed by atoms with Crippen molar-refractivity contribution in [1.29, 1.82) is 0 Å². The van der Waals surface area contributed by atoms with Gasteiger partial charge in [0.1, 0.15) is 16.4 Å². The molecule has 1 aliphatic rings. The molecule has 0 saturated heterocycles. The van der Waals surface area contributed by atoms with E-state index >= 15 is 0 Å². The van der Waals surface area contributed by atoms with Crippen LogP contribution in [-0.4, -0.2) is 57.9 Å². The van der Waals surface area contributed by atoms with Crippen molar-refractivity contribution in [2.24, 2.45) is 0 Å². The number of pyridine rings is 1. The van der Waals surface area contributed by atoms with E-state index in [1.165, 1.54) is 40.5 Å². The fourth-order valence-corrected chi connectivity index (χ4v) is 4.95. The molecule has 13 nitrogen and oxygen atoms in total. The Hall–Kier alpha value is -3.33. The number of thiazole rings is 1. The van der Waals surface area contributed by atoms with E-state index in [4.69, 9.17) is 14.5 Å². The molecule has 1 fully saturated rings. The predicted molar refractivity (Wildman–Crippen MR) is 134 cm³/mol. The van der Waals surface area contributed by atoms with E-state index in [-0.39, 0.29) is 23.5 Å². The standard InChI is InChI=1S/C22H23FN7O6PS/c1-2-35-15-6-14(7-15)30-10-17(20(28-30)16-4-3-5-19(23)25-16)26-21(31)18-11-38-22(27-18)13-8-24-29(9-13)12-36-37(32,33)34/h3-5,8-11,14-15H,2,6-7,12H2,1H3,(H,26,31)(H2,32,33,34). The summed E-state index contributed by atoms with van der Waals surface area (Å²) < 4.78 is 37.7. The number of halogens is 1. The van der Waals surface area contributed by atoms with Crippen LogP contribution >= 0.6 is 19.2 Å². The Morgan fingerprint density at radius 3 is 2.84 bits per heavy atom. The number of amides is 1. The molecule has 16 heteroatoms. The molecule has 1 aliphatic carbocycles. The molecule has 0 bridgehead atoms. The fourth-order valence-electron chi connectivity index (χ4n) is 3.90. The minimum Gasteiger partial charge on any atom is -0.378 e. The average molecular weight is 564 g/mol. The van der Waals surface area contributed by atoms with Crippen molar-refractivity contribution in [3.63, 3.8) is 0 Å². The van der Waals surface area contributed by atoms with Crippen LogP contribution in [0.25, 0.3) is 22.0 Å². The highest BCUT2D eigenvalue weighted by atomic mass is 32.1. The number of hydrogen-bond acceptors (Lipinski definition) is 9. The van der Waals surface area contributed by atoms with Gasteiger partial charge in [-0.05, 0) is 31.9 Å². The van der Waals surface area contributed by atoms with Gasteiger partial charge < -0.3 is 19.8 Å². The first-order valence-electron chi connectivity index (χ1n) is 11.5. The van der Waals surface area contributed by atoms with Gasteiger partial charge in [0, 0.05) is 29.9 Å². The highest BCUT2D eigenvalue weighted by molar-refractivity contribution is 7.46. The van der Waals surface area contributed by atoms with E-state index in [0.29, 0.717) is 28.6 Å². The van der Waals surface area contributed by atoms with E-state index in [2.05, 4.69) is 30.0 Å². The smallest absolute Gasteiger partial charge is 0.378 e. The maximum absolute atomic E-state index is 13.9. The second-order valence-corrected chi connectivity index (χ2v) is 10.5. The SMILES string of the molecule is CCOC1CC(n2cc(NC(=O)c3csc(-c4cnn(COP(=O)(O)O)c4)n3)c(-c3cccc(F)n3)n2)C1. The van der Waals surface area contributed by atoms with Gasteiger partial charge in [0.15, 0.2) is 6.73 Å². The molecule has 0 aromatic carbocycles. The number of aromatic nitrogens is 6. The molecule has 5 rings (SSSR count). The van der Waals surface area contributed by atoms with Gasteiger partial charge in [0.2, 0.25) is 5.95 Å². The van der Waals surface area contributed by atoms with Crippen LogP contribution in [0.4, 0.5) is 10.1 Å². The topological polar surface area (TPSA) is 167 Å². The maximum Gasteiger partial charge on any atom is 0.471 e. The molecule has 1 saturated carbocycles. The minimum absolute atomic E-state index is 0.0847. The van der Waals surface area contributed by atoms with Crippen LogP contribution < -0.4 is 5.32 Å². The molecule has 4 aromatic heterocycles. The minimum atomic E-state index is -4.64. The number of ether oxygens (including phenoxy) is 1. The quantitative estimate of drug-likeness (QED) is 0.192. The number of hydrogen-bond donors (Lipinski definition) is 3. The second kappa shape index (κ2) is 10.8. The van der Waals surface area contributed by atoms with Gasteiger partial charge in [-0.3, -0.25) is 14.0 Å². The first-order chi connectivity index (χ1) is 18.2. The van der Waals surface area contributed by atoms with Crippen molar-refractivity contribution < 1.29 is 32.8 Å². The largest absolute Gasteiger partial charge is 0.471 e. The summed E-state index contributed by atoms with van der Waals surface area (Å²) in [4.78, 5) is 39.0. The van der Waals surface area contributed by atoms with Crippen LogP contribution in [0.5, 0.6) is 0 Å². The highest BCUT2D eigenvalue weighted by Gasteiger charge is 2.33. The fraction of sp³-hybridized carbons (Fsp3) is 0.318. The number of rotatable bonds is 10. The number of carbonyl (C=O) groups is 1. The zero-order chi connectivity index (χ0) is 26.9. The Kier molecular flexibility index (Phi) is 7.47. The Labute approximate surface area is 219 Å². The Morgan fingerprint density at radius 1 is 1.29 bits per heavy atom. The zero-order valence-corrected chi connectivity index (χ0v) is 21.7. The normalized spacial score (nSPS) is 17.4. The predicted octanol–water partition coefficient (Wildman–Crippen LogP) is 3.46. The van der Waals surface area contributed by atoms with Gasteiger partial charge >= 0.3 is 7.82 Å². The van der Waals surface area contributed by atoms with E-state index < -0.39 is 26.4 Å². The van der Waals surface area contributed by atoms with Crippen molar-refractivity contribution in [3.05, 3.63) is 53.8 Å². The van der Waals surface area contributed by atoms with Gasteiger partial charge in [0.05, 0.1) is 29.7 Å². The second-order valence-electron chi connectivity index (χ2n) is 8.43. The summed E-state index contributed by atoms with van der Waals surface area (Å²) in [7, 11) is -4.64. The van der Waals surface area contributed by atoms with Gasteiger partial charge in [0.25, 0.3) is 5.91 Å². The van der Waals surface area contributed by atoms with E-state index in [1.54, 1.807) is 22.3 Å². The number of nitrogens with zero attached hydrogens (tertiary/aromatic N) is 6.